The molecule has 4 nitrogen and oxygen atoms in total. The summed E-state index contributed by atoms with van der Waals surface area (Å²) in [7, 11) is 0. The van der Waals surface area contributed by atoms with Gasteiger partial charge < -0.3 is 10.6 Å². The summed E-state index contributed by atoms with van der Waals surface area (Å²) in [5.74, 6) is 0.136. The molecule has 2 N–H and O–H groups in total. The first kappa shape index (κ1) is 17.0. The Balaban J connectivity index is 1.61. The number of nitrogens with one attached hydrogen (secondary N) is 2. The average molecular weight is 333 g/mol. The number of anilines is 1. The molecule has 1 aliphatic carbocycles. The summed E-state index contributed by atoms with van der Waals surface area (Å²) in [5, 5.41) is 15.5. The van der Waals surface area contributed by atoms with E-state index in [0.29, 0.717) is 0 Å². The van der Waals surface area contributed by atoms with Gasteiger partial charge in [-0.25, -0.2) is 0 Å². The van der Waals surface area contributed by atoms with Crippen LogP contribution >= 0.6 is 0 Å². The molecule has 1 unspecified atom stereocenters. The Hall–Kier alpha value is -2.80. The van der Waals surface area contributed by atoms with Crippen molar-refractivity contribution in [3.63, 3.8) is 0 Å². The molecule has 1 atom stereocenters. The second kappa shape index (κ2) is 7.40. The molecule has 0 aliphatic heterocycles. The van der Waals surface area contributed by atoms with Crippen LogP contribution in [0.3, 0.4) is 0 Å². The fourth-order valence-electron chi connectivity index (χ4n) is 3.05. The molecule has 0 aromatic heterocycles. The zero-order valence-corrected chi connectivity index (χ0v) is 14.5. The van der Waals surface area contributed by atoms with E-state index < -0.39 is 5.54 Å². The Morgan fingerprint density at radius 3 is 2.52 bits per heavy atom. The zero-order chi connectivity index (χ0) is 17.7. The maximum atomic E-state index is 12.3. The van der Waals surface area contributed by atoms with Crippen molar-refractivity contribution < 1.29 is 4.79 Å². The molecule has 0 spiro atoms. The van der Waals surface area contributed by atoms with Gasteiger partial charge in [0.25, 0.3) is 0 Å². The fraction of sp³-hybridized carbons (Fsp3) is 0.333. The van der Waals surface area contributed by atoms with Gasteiger partial charge in [0.15, 0.2) is 0 Å². The van der Waals surface area contributed by atoms with Crippen molar-refractivity contribution in [2.24, 2.45) is 5.92 Å². The highest BCUT2D eigenvalue weighted by atomic mass is 16.2. The number of nitrogens with zero attached hydrogens (tertiary/aromatic N) is 1. The quantitative estimate of drug-likeness (QED) is 0.815. The third-order valence-corrected chi connectivity index (χ3v) is 4.72. The third kappa shape index (κ3) is 4.39. The van der Waals surface area contributed by atoms with Gasteiger partial charge in [0, 0.05) is 5.69 Å². The van der Waals surface area contributed by atoms with Crippen molar-refractivity contribution in [2.75, 3.05) is 11.9 Å². The number of hydrogen-bond donors (Lipinski definition) is 2. The summed E-state index contributed by atoms with van der Waals surface area (Å²) in [4.78, 5) is 12.3. The molecule has 25 heavy (non-hydrogen) atoms. The van der Waals surface area contributed by atoms with Gasteiger partial charge in [-0.2, -0.15) is 5.26 Å². The number of carbonyl (C=O) groups is 1. The van der Waals surface area contributed by atoms with Crippen LogP contribution in [0, 0.1) is 17.2 Å². The predicted molar refractivity (Wildman–Crippen MR) is 99.1 cm³/mol. The number of nitriles is 1. The lowest BCUT2D eigenvalue weighted by atomic mass is 9.98. The number of amides is 1. The van der Waals surface area contributed by atoms with E-state index in [1.54, 1.807) is 0 Å². The maximum absolute atomic E-state index is 12.3. The standard InChI is InChI=1S/C21H23N3O/c1-21(15-22,18-11-12-18)24-20(25)14-23-19-10-6-5-9-17(19)13-16-7-3-2-4-8-16/h2-10,18,23H,11-14H2,1H3,(H,24,25). The van der Waals surface area contributed by atoms with Gasteiger partial charge in [-0.3, -0.25) is 4.79 Å². The molecular weight excluding hydrogens is 310 g/mol. The van der Waals surface area contributed by atoms with Gasteiger partial charge in [0.2, 0.25) is 5.91 Å². The van der Waals surface area contributed by atoms with Crippen molar-refractivity contribution in [1.82, 2.24) is 5.32 Å². The molecule has 2 aromatic rings. The summed E-state index contributed by atoms with van der Waals surface area (Å²) in [6.07, 6.45) is 2.83. The minimum atomic E-state index is -0.748. The van der Waals surface area contributed by atoms with E-state index in [0.717, 1.165) is 30.5 Å². The van der Waals surface area contributed by atoms with E-state index in [1.165, 1.54) is 5.56 Å². The first-order valence-electron chi connectivity index (χ1n) is 8.69. The maximum Gasteiger partial charge on any atom is 0.240 e. The summed E-state index contributed by atoms with van der Waals surface area (Å²) in [6, 6.07) is 20.5. The van der Waals surface area contributed by atoms with Crippen LogP contribution in [0.4, 0.5) is 5.69 Å². The van der Waals surface area contributed by atoms with Crippen molar-refractivity contribution in [1.29, 1.82) is 5.26 Å². The van der Waals surface area contributed by atoms with Gasteiger partial charge >= 0.3 is 0 Å². The fourth-order valence-corrected chi connectivity index (χ4v) is 3.05. The molecule has 1 fully saturated rings. The van der Waals surface area contributed by atoms with E-state index in [1.807, 2.05) is 43.3 Å². The topological polar surface area (TPSA) is 64.9 Å². The largest absolute Gasteiger partial charge is 0.376 e. The number of hydrogen-bond acceptors (Lipinski definition) is 3. The Bertz CT molecular complexity index is 777. The highest BCUT2D eigenvalue weighted by Crippen LogP contribution is 2.39. The van der Waals surface area contributed by atoms with Crippen LogP contribution in [-0.4, -0.2) is 18.0 Å². The Kier molecular flexibility index (Phi) is 5.04. The molecule has 1 aliphatic rings. The molecule has 0 heterocycles. The summed E-state index contributed by atoms with van der Waals surface area (Å²) in [6.45, 7) is 1.97. The molecule has 3 rings (SSSR count). The lowest BCUT2D eigenvalue weighted by Crippen LogP contribution is -2.48. The van der Waals surface area contributed by atoms with Crippen molar-refractivity contribution in [3.8, 4) is 6.07 Å². The van der Waals surface area contributed by atoms with Crippen LogP contribution in [0.15, 0.2) is 54.6 Å². The molecule has 1 amide bonds. The Morgan fingerprint density at radius 2 is 1.84 bits per heavy atom. The molecule has 2 aromatic carbocycles. The highest BCUT2D eigenvalue weighted by Gasteiger charge is 2.42. The molecule has 0 radical (unpaired) electrons. The molecule has 0 saturated heterocycles. The van der Waals surface area contributed by atoms with E-state index in [4.69, 9.17) is 0 Å². The molecular formula is C21H23N3O. The van der Waals surface area contributed by atoms with E-state index in [-0.39, 0.29) is 18.4 Å². The average Bonchev–Trinajstić information content (AvgIpc) is 3.47. The Morgan fingerprint density at radius 1 is 1.16 bits per heavy atom. The zero-order valence-electron chi connectivity index (χ0n) is 14.5. The van der Waals surface area contributed by atoms with Gasteiger partial charge in [-0.15, -0.1) is 0 Å². The van der Waals surface area contributed by atoms with Crippen LogP contribution < -0.4 is 10.6 Å². The number of rotatable bonds is 7. The predicted octanol–water partition coefficient (Wildman–Crippen LogP) is 3.50. The van der Waals surface area contributed by atoms with E-state index in [9.17, 15) is 10.1 Å². The summed E-state index contributed by atoms with van der Waals surface area (Å²) < 4.78 is 0. The van der Waals surface area contributed by atoms with Crippen LogP contribution in [0.1, 0.15) is 30.9 Å². The van der Waals surface area contributed by atoms with Crippen molar-refractivity contribution in [3.05, 3.63) is 65.7 Å². The van der Waals surface area contributed by atoms with Gasteiger partial charge in [-0.05, 0) is 49.3 Å². The Labute approximate surface area is 148 Å². The smallest absolute Gasteiger partial charge is 0.240 e. The minimum absolute atomic E-state index is 0.148. The number of carbonyl (C=O) groups excluding carboxylic acids is 1. The lowest BCUT2D eigenvalue weighted by molar-refractivity contribution is -0.120. The molecule has 128 valence electrons. The second-order valence-electron chi connectivity index (χ2n) is 6.81. The van der Waals surface area contributed by atoms with E-state index in [2.05, 4.69) is 34.9 Å². The van der Waals surface area contributed by atoms with Crippen molar-refractivity contribution in [2.45, 2.75) is 31.7 Å². The van der Waals surface area contributed by atoms with Gasteiger partial charge in [-0.1, -0.05) is 48.5 Å². The van der Waals surface area contributed by atoms with Crippen LogP contribution in [-0.2, 0) is 11.2 Å². The molecule has 1 saturated carbocycles. The van der Waals surface area contributed by atoms with Gasteiger partial charge in [0.05, 0.1) is 12.6 Å². The highest BCUT2D eigenvalue weighted by molar-refractivity contribution is 5.82. The van der Waals surface area contributed by atoms with Gasteiger partial charge in [0.1, 0.15) is 5.54 Å². The minimum Gasteiger partial charge on any atom is -0.376 e. The normalized spacial score (nSPS) is 15.7. The lowest BCUT2D eigenvalue weighted by Gasteiger charge is -2.23. The number of benzene rings is 2. The number of para-hydroxylation sites is 1. The summed E-state index contributed by atoms with van der Waals surface area (Å²) in [5.41, 5.74) is 2.58. The van der Waals surface area contributed by atoms with Crippen LogP contribution in [0.5, 0.6) is 0 Å². The monoisotopic (exact) mass is 333 g/mol. The summed E-state index contributed by atoms with van der Waals surface area (Å²) >= 11 is 0. The second-order valence-corrected chi connectivity index (χ2v) is 6.81. The first-order valence-corrected chi connectivity index (χ1v) is 8.69. The van der Waals surface area contributed by atoms with E-state index >= 15 is 0 Å². The van der Waals surface area contributed by atoms with Crippen LogP contribution in [0.25, 0.3) is 0 Å². The molecule has 0 bridgehead atoms. The SMILES string of the molecule is CC(C#N)(NC(=O)CNc1ccccc1Cc1ccccc1)C1CC1. The first-order chi connectivity index (χ1) is 12.1. The van der Waals surface area contributed by atoms with Crippen molar-refractivity contribution >= 4 is 11.6 Å². The third-order valence-electron chi connectivity index (χ3n) is 4.72. The molecule has 4 heteroatoms. The van der Waals surface area contributed by atoms with Crippen LogP contribution in [0.2, 0.25) is 0 Å².